The molecule has 1 nitrogen and oxygen atoms in total. The highest BCUT2D eigenvalue weighted by molar-refractivity contribution is 7.98. The number of benzene rings is 4. The molecule has 0 unspecified atom stereocenters. The smallest absolute Gasteiger partial charge is 0.127 e. The summed E-state index contributed by atoms with van der Waals surface area (Å²) in [7, 11) is 0. The van der Waals surface area contributed by atoms with Gasteiger partial charge in [-0.25, -0.2) is 0 Å². The molecule has 0 aliphatic heterocycles. The molecule has 0 N–H and O–H groups in total. The van der Waals surface area contributed by atoms with Gasteiger partial charge in [-0.3, -0.25) is 0 Å². The Balaban J connectivity index is 1.28. The van der Waals surface area contributed by atoms with E-state index in [4.69, 9.17) is 4.74 Å². The predicted octanol–water partition coefficient (Wildman–Crippen LogP) is 8.06. The lowest BCUT2D eigenvalue weighted by Gasteiger charge is -2.08. The van der Waals surface area contributed by atoms with Crippen molar-refractivity contribution in [1.82, 2.24) is 0 Å². The molecule has 0 radical (unpaired) electrons. The molecule has 0 bridgehead atoms. The molecular formula is C26H22OS2. The first kappa shape index (κ1) is 19.7. The Kier molecular flexibility index (Phi) is 6.95. The van der Waals surface area contributed by atoms with Crippen LogP contribution < -0.4 is 4.74 Å². The van der Waals surface area contributed by atoms with Crippen molar-refractivity contribution in [2.75, 3.05) is 0 Å². The third kappa shape index (κ3) is 6.18. The van der Waals surface area contributed by atoms with E-state index in [1.54, 1.807) is 0 Å². The van der Waals surface area contributed by atoms with Gasteiger partial charge in [-0.2, -0.15) is 0 Å². The van der Waals surface area contributed by atoms with Crippen LogP contribution in [0.5, 0.6) is 11.5 Å². The van der Waals surface area contributed by atoms with E-state index in [0.29, 0.717) is 0 Å². The molecule has 3 heteroatoms. The van der Waals surface area contributed by atoms with E-state index in [9.17, 15) is 0 Å². The van der Waals surface area contributed by atoms with Gasteiger partial charge in [0.05, 0.1) is 0 Å². The Morgan fingerprint density at radius 2 is 0.828 bits per heavy atom. The molecule has 144 valence electrons. The van der Waals surface area contributed by atoms with Gasteiger partial charge >= 0.3 is 0 Å². The van der Waals surface area contributed by atoms with Crippen LogP contribution in [-0.2, 0) is 11.5 Å². The fourth-order valence-electron chi connectivity index (χ4n) is 2.83. The summed E-state index contributed by atoms with van der Waals surface area (Å²) in [4.78, 5) is 2.49. The van der Waals surface area contributed by atoms with Crippen molar-refractivity contribution in [3.63, 3.8) is 0 Å². The summed E-state index contributed by atoms with van der Waals surface area (Å²) in [5.74, 6) is 3.67. The first-order chi connectivity index (χ1) is 14.3. The quantitative estimate of drug-likeness (QED) is 0.270. The maximum absolute atomic E-state index is 6.00. The van der Waals surface area contributed by atoms with Crippen molar-refractivity contribution in [2.24, 2.45) is 0 Å². The molecule has 0 saturated carbocycles. The minimum absolute atomic E-state index is 0.860. The second kappa shape index (κ2) is 10.2. The van der Waals surface area contributed by atoms with E-state index in [0.717, 1.165) is 23.0 Å². The Bertz CT molecular complexity index is 913. The van der Waals surface area contributed by atoms with Crippen LogP contribution in [0.1, 0.15) is 11.1 Å². The van der Waals surface area contributed by atoms with Crippen molar-refractivity contribution < 1.29 is 4.74 Å². The minimum atomic E-state index is 0.860. The van der Waals surface area contributed by atoms with Crippen LogP contribution in [0, 0.1) is 0 Å². The number of hydrogen-bond acceptors (Lipinski definition) is 3. The number of thioether (sulfide) groups is 2. The Morgan fingerprint density at radius 3 is 1.21 bits per heavy atom. The van der Waals surface area contributed by atoms with Crippen LogP contribution in [0.25, 0.3) is 0 Å². The topological polar surface area (TPSA) is 9.23 Å². The van der Waals surface area contributed by atoms with Crippen molar-refractivity contribution in [2.45, 2.75) is 21.3 Å². The summed E-state index contributed by atoms with van der Waals surface area (Å²) in [5, 5.41) is 0. The summed E-state index contributed by atoms with van der Waals surface area (Å²) < 4.78 is 6.00. The van der Waals surface area contributed by atoms with E-state index in [1.807, 2.05) is 47.8 Å². The zero-order valence-corrected chi connectivity index (χ0v) is 17.7. The largest absolute Gasteiger partial charge is 0.457 e. The van der Waals surface area contributed by atoms with Gasteiger partial charge in [-0.15, -0.1) is 23.5 Å². The van der Waals surface area contributed by atoms with Gasteiger partial charge < -0.3 is 4.74 Å². The Labute approximate surface area is 181 Å². The molecule has 0 atom stereocenters. The maximum Gasteiger partial charge on any atom is 0.127 e. The lowest BCUT2D eigenvalue weighted by molar-refractivity contribution is 0.482. The average molecular weight is 415 g/mol. The zero-order valence-electron chi connectivity index (χ0n) is 16.0. The summed E-state index contributed by atoms with van der Waals surface area (Å²) in [6.07, 6.45) is 0. The second-order valence-corrected chi connectivity index (χ2v) is 8.69. The van der Waals surface area contributed by atoms with Crippen molar-refractivity contribution in [3.8, 4) is 11.5 Å². The molecule has 4 rings (SSSR count). The molecule has 4 aromatic rings. The molecule has 0 aromatic heterocycles. The lowest BCUT2D eigenvalue weighted by atomic mass is 10.2. The first-order valence-electron chi connectivity index (χ1n) is 9.57. The predicted molar refractivity (Wildman–Crippen MR) is 125 cm³/mol. The minimum Gasteiger partial charge on any atom is -0.457 e. The third-order valence-corrected chi connectivity index (χ3v) is 6.55. The highest BCUT2D eigenvalue weighted by atomic mass is 32.2. The fourth-order valence-corrected chi connectivity index (χ4v) is 4.53. The van der Waals surface area contributed by atoms with Gasteiger partial charge in [0.1, 0.15) is 11.5 Å². The molecule has 0 aliphatic carbocycles. The maximum atomic E-state index is 6.00. The average Bonchev–Trinajstić information content (AvgIpc) is 2.80. The monoisotopic (exact) mass is 414 g/mol. The van der Waals surface area contributed by atoms with Crippen LogP contribution in [0.2, 0.25) is 0 Å². The summed E-state index contributed by atoms with van der Waals surface area (Å²) in [6, 6.07) is 37.7. The molecule has 4 aromatic carbocycles. The molecule has 0 amide bonds. The highest BCUT2D eigenvalue weighted by Crippen LogP contribution is 2.29. The van der Waals surface area contributed by atoms with Gasteiger partial charge in [0.2, 0.25) is 0 Å². The van der Waals surface area contributed by atoms with E-state index < -0.39 is 0 Å². The van der Waals surface area contributed by atoms with Crippen LogP contribution >= 0.6 is 23.5 Å². The van der Waals surface area contributed by atoms with Crippen LogP contribution in [-0.4, -0.2) is 0 Å². The van der Waals surface area contributed by atoms with Crippen LogP contribution in [0.15, 0.2) is 119 Å². The molecule has 0 aliphatic rings. The third-order valence-electron chi connectivity index (χ3n) is 4.38. The second-order valence-electron chi connectivity index (χ2n) is 6.59. The Morgan fingerprint density at radius 1 is 0.448 bits per heavy atom. The number of hydrogen-bond donors (Lipinski definition) is 0. The SMILES string of the molecule is c1ccc(CSc2ccc(Oc3ccc(SCc4ccccc4)cc3)cc2)cc1. The van der Waals surface area contributed by atoms with E-state index in [2.05, 4.69) is 84.9 Å². The van der Waals surface area contributed by atoms with Gasteiger partial charge in [-0.1, -0.05) is 60.7 Å². The van der Waals surface area contributed by atoms with Crippen molar-refractivity contribution >= 4 is 23.5 Å². The van der Waals surface area contributed by atoms with Crippen molar-refractivity contribution in [3.05, 3.63) is 120 Å². The molecule has 0 heterocycles. The van der Waals surface area contributed by atoms with Gasteiger partial charge in [-0.05, 0) is 59.7 Å². The summed E-state index contributed by atoms with van der Waals surface area (Å²) in [6.45, 7) is 0. The van der Waals surface area contributed by atoms with Crippen LogP contribution in [0.3, 0.4) is 0 Å². The Hall–Kier alpha value is -2.62. The molecule has 29 heavy (non-hydrogen) atoms. The standard InChI is InChI=1S/C26H22OS2/c1-3-7-21(8-4-1)19-28-25-15-11-23(12-16-25)27-24-13-17-26(18-14-24)29-20-22-9-5-2-6-10-22/h1-18H,19-20H2. The molecule has 0 fully saturated rings. The van der Waals surface area contributed by atoms with Gasteiger partial charge in [0, 0.05) is 21.3 Å². The van der Waals surface area contributed by atoms with E-state index >= 15 is 0 Å². The molecule has 0 saturated heterocycles. The van der Waals surface area contributed by atoms with Crippen LogP contribution in [0.4, 0.5) is 0 Å². The van der Waals surface area contributed by atoms with Gasteiger partial charge in [0.15, 0.2) is 0 Å². The molecular weight excluding hydrogens is 392 g/mol. The van der Waals surface area contributed by atoms with E-state index in [1.165, 1.54) is 20.9 Å². The van der Waals surface area contributed by atoms with Crippen molar-refractivity contribution in [1.29, 1.82) is 0 Å². The van der Waals surface area contributed by atoms with E-state index in [-0.39, 0.29) is 0 Å². The lowest BCUT2D eigenvalue weighted by Crippen LogP contribution is -1.85. The summed E-state index contributed by atoms with van der Waals surface area (Å²) >= 11 is 3.67. The zero-order chi connectivity index (χ0) is 19.7. The number of ether oxygens (including phenoxy) is 1. The highest BCUT2D eigenvalue weighted by Gasteiger charge is 2.01. The molecule has 0 spiro atoms. The fraction of sp³-hybridized carbons (Fsp3) is 0.0769. The first-order valence-corrected chi connectivity index (χ1v) is 11.5. The number of rotatable bonds is 8. The van der Waals surface area contributed by atoms with Gasteiger partial charge in [0.25, 0.3) is 0 Å². The summed E-state index contributed by atoms with van der Waals surface area (Å²) in [5.41, 5.74) is 2.67. The normalized spacial score (nSPS) is 10.6.